The first-order valence-corrected chi connectivity index (χ1v) is 6.26. The van der Waals surface area contributed by atoms with Gasteiger partial charge in [-0.15, -0.1) is 0 Å². The van der Waals surface area contributed by atoms with Gasteiger partial charge in [-0.1, -0.05) is 12.1 Å². The van der Waals surface area contributed by atoms with Crippen LogP contribution in [0.15, 0.2) is 24.3 Å². The molecule has 19 heavy (non-hydrogen) atoms. The Labute approximate surface area is 112 Å². The minimum atomic E-state index is -0.136. The summed E-state index contributed by atoms with van der Waals surface area (Å²) >= 11 is 0. The van der Waals surface area contributed by atoms with E-state index in [4.69, 9.17) is 10.00 Å². The lowest BCUT2D eigenvalue weighted by molar-refractivity contribution is -0.125. The van der Waals surface area contributed by atoms with Gasteiger partial charge in [0.2, 0.25) is 5.91 Å². The number of amides is 1. The molecule has 5 nitrogen and oxygen atoms in total. The minimum absolute atomic E-state index is 0.00112. The minimum Gasteiger partial charge on any atom is -0.379 e. The van der Waals surface area contributed by atoms with Crippen LogP contribution in [0.3, 0.4) is 0 Å². The van der Waals surface area contributed by atoms with Crippen LogP contribution in [-0.4, -0.2) is 32.2 Å². The van der Waals surface area contributed by atoms with E-state index in [0.717, 1.165) is 5.56 Å². The molecule has 0 saturated carbocycles. The standard InChI is InChI=1S/C14H17N3O2/c1-16-13-9-19-8-12(13)14(18)17-7-11-4-2-10(6-15)3-5-11/h2-5,12-13,16H,7-9H2,1H3,(H,17,18). The van der Waals surface area contributed by atoms with Crippen molar-refractivity contribution in [1.29, 1.82) is 5.26 Å². The zero-order valence-corrected chi connectivity index (χ0v) is 10.8. The van der Waals surface area contributed by atoms with Crippen LogP contribution in [0.1, 0.15) is 11.1 Å². The second kappa shape index (κ2) is 6.32. The summed E-state index contributed by atoms with van der Waals surface area (Å²) in [5.74, 6) is -0.135. The van der Waals surface area contributed by atoms with E-state index in [1.807, 2.05) is 19.2 Å². The quantitative estimate of drug-likeness (QED) is 0.821. The van der Waals surface area contributed by atoms with Crippen molar-refractivity contribution in [3.63, 3.8) is 0 Å². The number of nitrogens with one attached hydrogen (secondary N) is 2. The van der Waals surface area contributed by atoms with Crippen LogP contribution < -0.4 is 10.6 Å². The molecule has 1 aliphatic heterocycles. The lowest BCUT2D eigenvalue weighted by Crippen LogP contribution is -2.42. The zero-order valence-electron chi connectivity index (χ0n) is 10.8. The molecule has 1 aliphatic rings. The second-order valence-electron chi connectivity index (χ2n) is 4.57. The predicted octanol–water partition coefficient (Wildman–Crippen LogP) is 0.409. The predicted molar refractivity (Wildman–Crippen MR) is 70.2 cm³/mol. The molecule has 2 rings (SSSR count). The lowest BCUT2D eigenvalue weighted by atomic mass is 10.0. The molecule has 1 fully saturated rings. The van der Waals surface area contributed by atoms with Crippen molar-refractivity contribution in [2.75, 3.05) is 20.3 Å². The number of nitrogens with zero attached hydrogens (tertiary/aromatic N) is 1. The maximum absolute atomic E-state index is 12.0. The van der Waals surface area contributed by atoms with Crippen molar-refractivity contribution in [2.24, 2.45) is 5.92 Å². The largest absolute Gasteiger partial charge is 0.379 e. The SMILES string of the molecule is CNC1COCC1C(=O)NCc1ccc(C#N)cc1. The third-order valence-electron chi connectivity index (χ3n) is 3.34. The van der Waals surface area contributed by atoms with Crippen molar-refractivity contribution in [3.8, 4) is 6.07 Å². The first-order chi connectivity index (χ1) is 9.24. The maximum Gasteiger partial charge on any atom is 0.227 e. The molecule has 0 bridgehead atoms. The van der Waals surface area contributed by atoms with Crippen LogP contribution >= 0.6 is 0 Å². The van der Waals surface area contributed by atoms with E-state index in [1.54, 1.807) is 12.1 Å². The molecule has 1 heterocycles. The summed E-state index contributed by atoms with van der Waals surface area (Å²) in [6, 6.07) is 9.34. The van der Waals surface area contributed by atoms with Gasteiger partial charge in [-0.3, -0.25) is 4.79 Å². The van der Waals surface area contributed by atoms with Gasteiger partial charge in [0.05, 0.1) is 30.8 Å². The average molecular weight is 259 g/mol. The number of rotatable bonds is 4. The van der Waals surface area contributed by atoms with Gasteiger partial charge in [0.15, 0.2) is 0 Å². The van der Waals surface area contributed by atoms with Crippen molar-refractivity contribution in [3.05, 3.63) is 35.4 Å². The summed E-state index contributed by atoms with van der Waals surface area (Å²) in [5.41, 5.74) is 1.60. The Morgan fingerprint density at radius 2 is 2.16 bits per heavy atom. The monoisotopic (exact) mass is 259 g/mol. The van der Waals surface area contributed by atoms with E-state index in [2.05, 4.69) is 16.7 Å². The fourth-order valence-electron chi connectivity index (χ4n) is 2.11. The number of carbonyl (C=O) groups excluding carboxylic acids is 1. The molecule has 0 spiro atoms. The van der Waals surface area contributed by atoms with Crippen LogP contribution in [0.25, 0.3) is 0 Å². The molecule has 100 valence electrons. The molecule has 0 radical (unpaired) electrons. The average Bonchev–Trinajstić information content (AvgIpc) is 2.93. The second-order valence-corrected chi connectivity index (χ2v) is 4.57. The van der Waals surface area contributed by atoms with E-state index < -0.39 is 0 Å². The first kappa shape index (κ1) is 13.5. The van der Waals surface area contributed by atoms with E-state index in [1.165, 1.54) is 0 Å². The lowest BCUT2D eigenvalue weighted by Gasteiger charge is -2.16. The summed E-state index contributed by atoms with van der Waals surface area (Å²) in [6.45, 7) is 1.51. The molecule has 5 heteroatoms. The van der Waals surface area contributed by atoms with Gasteiger partial charge in [0.25, 0.3) is 0 Å². The summed E-state index contributed by atoms with van der Waals surface area (Å²) in [7, 11) is 1.83. The van der Waals surface area contributed by atoms with Gasteiger partial charge in [-0.05, 0) is 24.7 Å². The van der Waals surface area contributed by atoms with Crippen LogP contribution in [0.4, 0.5) is 0 Å². The highest BCUT2D eigenvalue weighted by molar-refractivity contribution is 5.79. The molecule has 2 unspecified atom stereocenters. The Morgan fingerprint density at radius 3 is 2.79 bits per heavy atom. The van der Waals surface area contributed by atoms with Crippen molar-refractivity contribution in [2.45, 2.75) is 12.6 Å². The number of likely N-dealkylation sites (N-methyl/N-ethyl adjacent to an activating group) is 1. The van der Waals surface area contributed by atoms with Crippen molar-refractivity contribution >= 4 is 5.91 Å². The highest BCUT2D eigenvalue weighted by Crippen LogP contribution is 2.13. The van der Waals surface area contributed by atoms with E-state index in [-0.39, 0.29) is 17.9 Å². The van der Waals surface area contributed by atoms with Gasteiger partial charge in [0, 0.05) is 12.6 Å². The van der Waals surface area contributed by atoms with Crippen LogP contribution in [0.5, 0.6) is 0 Å². The highest BCUT2D eigenvalue weighted by Gasteiger charge is 2.32. The Balaban J connectivity index is 1.87. The molecule has 2 atom stereocenters. The van der Waals surface area contributed by atoms with Gasteiger partial charge in [0.1, 0.15) is 0 Å². The number of hydrogen-bond acceptors (Lipinski definition) is 4. The van der Waals surface area contributed by atoms with Gasteiger partial charge in [-0.2, -0.15) is 5.26 Å². The molecule has 0 aromatic heterocycles. The third-order valence-corrected chi connectivity index (χ3v) is 3.34. The van der Waals surface area contributed by atoms with E-state index >= 15 is 0 Å². The topological polar surface area (TPSA) is 74.2 Å². The third kappa shape index (κ3) is 3.31. The molecule has 1 aromatic carbocycles. The number of ether oxygens (including phenoxy) is 1. The summed E-state index contributed by atoms with van der Waals surface area (Å²) < 4.78 is 5.30. The fourth-order valence-corrected chi connectivity index (χ4v) is 2.11. The number of hydrogen-bond donors (Lipinski definition) is 2. The molecule has 1 amide bonds. The Hall–Kier alpha value is -1.90. The Kier molecular flexibility index (Phi) is 4.50. The molecule has 1 aromatic rings. The van der Waals surface area contributed by atoms with Gasteiger partial charge >= 0.3 is 0 Å². The van der Waals surface area contributed by atoms with E-state index in [9.17, 15) is 4.79 Å². The van der Waals surface area contributed by atoms with E-state index in [0.29, 0.717) is 25.3 Å². The van der Waals surface area contributed by atoms with Crippen LogP contribution in [0.2, 0.25) is 0 Å². The number of benzene rings is 1. The zero-order chi connectivity index (χ0) is 13.7. The summed E-state index contributed by atoms with van der Waals surface area (Å²) in [6.07, 6.45) is 0. The fraction of sp³-hybridized carbons (Fsp3) is 0.429. The van der Waals surface area contributed by atoms with Crippen LogP contribution in [-0.2, 0) is 16.1 Å². The molecular formula is C14H17N3O2. The van der Waals surface area contributed by atoms with Gasteiger partial charge < -0.3 is 15.4 Å². The Bertz CT molecular complexity index is 478. The first-order valence-electron chi connectivity index (χ1n) is 6.26. The Morgan fingerprint density at radius 1 is 1.42 bits per heavy atom. The normalized spacial score (nSPS) is 21.9. The summed E-state index contributed by atoms with van der Waals surface area (Å²) in [4.78, 5) is 12.0. The number of nitriles is 1. The van der Waals surface area contributed by atoms with Crippen molar-refractivity contribution in [1.82, 2.24) is 10.6 Å². The molecule has 0 aliphatic carbocycles. The van der Waals surface area contributed by atoms with Crippen molar-refractivity contribution < 1.29 is 9.53 Å². The number of carbonyl (C=O) groups is 1. The highest BCUT2D eigenvalue weighted by atomic mass is 16.5. The summed E-state index contributed by atoms with van der Waals surface area (Å²) in [5, 5.41) is 14.7. The molecular weight excluding hydrogens is 242 g/mol. The van der Waals surface area contributed by atoms with Gasteiger partial charge in [-0.25, -0.2) is 0 Å². The molecule has 2 N–H and O–H groups in total. The van der Waals surface area contributed by atoms with Crippen LogP contribution in [0, 0.1) is 17.2 Å². The maximum atomic E-state index is 12.0. The molecule has 1 saturated heterocycles. The smallest absolute Gasteiger partial charge is 0.227 e.